The smallest absolute Gasteiger partial charge is 0.255 e. The molecule has 0 radical (unpaired) electrons. The lowest BCUT2D eigenvalue weighted by Gasteiger charge is -2.25. The molecule has 1 heterocycles. The molecule has 0 aliphatic carbocycles. The van der Waals surface area contributed by atoms with E-state index < -0.39 is 6.04 Å². The van der Waals surface area contributed by atoms with Crippen molar-refractivity contribution < 1.29 is 14.3 Å². The van der Waals surface area contributed by atoms with Gasteiger partial charge in [-0.05, 0) is 41.3 Å². The lowest BCUT2D eigenvalue weighted by Crippen LogP contribution is -2.39. The molecule has 0 bridgehead atoms. The number of hydrogen-bond acceptors (Lipinski definition) is 3. The Hall–Kier alpha value is -3.60. The van der Waals surface area contributed by atoms with Crippen molar-refractivity contribution >= 4 is 11.8 Å². The second-order valence-corrected chi connectivity index (χ2v) is 7.30. The fraction of sp³-hybridized carbons (Fsp3) is 0.200. The zero-order valence-electron chi connectivity index (χ0n) is 16.9. The van der Waals surface area contributed by atoms with Crippen molar-refractivity contribution in [3.05, 3.63) is 101 Å². The van der Waals surface area contributed by atoms with Crippen molar-refractivity contribution in [2.45, 2.75) is 19.0 Å². The first-order chi connectivity index (χ1) is 14.7. The summed E-state index contributed by atoms with van der Waals surface area (Å²) >= 11 is 0. The summed E-state index contributed by atoms with van der Waals surface area (Å²) in [5, 5.41) is 3.02. The Labute approximate surface area is 176 Å². The number of rotatable bonds is 7. The molecule has 2 amide bonds. The maximum Gasteiger partial charge on any atom is 0.255 e. The average Bonchev–Trinajstić information content (AvgIpc) is 3.07. The summed E-state index contributed by atoms with van der Waals surface area (Å²) in [5.74, 6) is 0.479. The van der Waals surface area contributed by atoms with Crippen molar-refractivity contribution in [1.29, 1.82) is 0 Å². The zero-order valence-corrected chi connectivity index (χ0v) is 16.9. The van der Waals surface area contributed by atoms with Crippen LogP contribution in [-0.4, -0.2) is 30.4 Å². The molecular weight excluding hydrogens is 376 g/mol. The van der Waals surface area contributed by atoms with Crippen LogP contribution in [0.25, 0.3) is 0 Å². The predicted molar refractivity (Wildman–Crippen MR) is 115 cm³/mol. The van der Waals surface area contributed by atoms with Crippen LogP contribution in [0.1, 0.15) is 33.1 Å². The number of nitrogens with one attached hydrogen (secondary N) is 1. The normalized spacial score (nSPS) is 15.0. The van der Waals surface area contributed by atoms with Crippen molar-refractivity contribution in [3.8, 4) is 5.75 Å². The Balaban J connectivity index is 1.52. The molecule has 3 aromatic carbocycles. The van der Waals surface area contributed by atoms with Crippen molar-refractivity contribution in [3.63, 3.8) is 0 Å². The third-order valence-corrected chi connectivity index (χ3v) is 5.37. The maximum atomic E-state index is 13.1. The molecule has 0 aromatic heterocycles. The van der Waals surface area contributed by atoms with E-state index in [1.54, 1.807) is 18.1 Å². The molecule has 5 nitrogen and oxygen atoms in total. The van der Waals surface area contributed by atoms with Crippen molar-refractivity contribution in [2.75, 3.05) is 13.7 Å². The van der Waals surface area contributed by atoms with Crippen LogP contribution in [0.15, 0.2) is 78.9 Å². The average molecular weight is 400 g/mol. The van der Waals surface area contributed by atoms with Gasteiger partial charge >= 0.3 is 0 Å². The third kappa shape index (κ3) is 4.06. The van der Waals surface area contributed by atoms with Crippen LogP contribution in [0, 0.1) is 0 Å². The molecule has 3 aromatic rings. The van der Waals surface area contributed by atoms with E-state index in [1.807, 2.05) is 72.8 Å². The van der Waals surface area contributed by atoms with Crippen LogP contribution in [0.4, 0.5) is 0 Å². The monoisotopic (exact) mass is 400 g/mol. The summed E-state index contributed by atoms with van der Waals surface area (Å²) in [4.78, 5) is 27.8. The minimum Gasteiger partial charge on any atom is -0.497 e. The molecule has 1 atom stereocenters. The zero-order chi connectivity index (χ0) is 20.9. The molecule has 0 saturated heterocycles. The highest BCUT2D eigenvalue weighted by Crippen LogP contribution is 2.35. The first-order valence-electron chi connectivity index (χ1n) is 10.0. The number of nitrogens with zero attached hydrogens (tertiary/aromatic N) is 1. The molecule has 1 aliphatic heterocycles. The highest BCUT2D eigenvalue weighted by Gasteiger charge is 2.40. The van der Waals surface area contributed by atoms with E-state index in [9.17, 15) is 9.59 Å². The van der Waals surface area contributed by atoms with Gasteiger partial charge in [0.2, 0.25) is 5.91 Å². The molecule has 4 rings (SSSR count). The topological polar surface area (TPSA) is 58.6 Å². The van der Waals surface area contributed by atoms with Gasteiger partial charge in [0.15, 0.2) is 0 Å². The number of amides is 2. The first-order valence-corrected chi connectivity index (χ1v) is 10.0. The minimum atomic E-state index is -0.633. The van der Waals surface area contributed by atoms with E-state index in [2.05, 4.69) is 5.32 Å². The maximum absolute atomic E-state index is 13.1. The molecule has 1 N–H and O–H groups in total. The van der Waals surface area contributed by atoms with Crippen LogP contribution < -0.4 is 10.1 Å². The predicted octanol–water partition coefficient (Wildman–Crippen LogP) is 3.75. The Morgan fingerprint density at radius 2 is 1.63 bits per heavy atom. The van der Waals surface area contributed by atoms with Gasteiger partial charge in [-0.15, -0.1) is 0 Å². The largest absolute Gasteiger partial charge is 0.497 e. The number of hydrogen-bond donors (Lipinski definition) is 1. The van der Waals surface area contributed by atoms with Gasteiger partial charge in [-0.1, -0.05) is 60.7 Å². The van der Waals surface area contributed by atoms with Gasteiger partial charge in [-0.2, -0.15) is 0 Å². The number of carbonyl (C=O) groups excluding carboxylic acids is 2. The van der Waals surface area contributed by atoms with E-state index in [0.717, 1.165) is 28.9 Å². The van der Waals surface area contributed by atoms with Gasteiger partial charge < -0.3 is 15.0 Å². The van der Waals surface area contributed by atoms with Gasteiger partial charge in [0, 0.05) is 18.7 Å². The lowest BCUT2D eigenvalue weighted by atomic mass is 10.0. The second-order valence-electron chi connectivity index (χ2n) is 7.30. The fourth-order valence-electron chi connectivity index (χ4n) is 3.81. The first kappa shape index (κ1) is 19.7. The molecule has 0 fully saturated rings. The molecule has 152 valence electrons. The Bertz CT molecular complexity index is 1030. The summed E-state index contributed by atoms with van der Waals surface area (Å²) in [6.07, 6.45) is 0.743. The quantitative estimate of drug-likeness (QED) is 0.657. The number of ether oxygens (including phenoxy) is 1. The van der Waals surface area contributed by atoms with Crippen LogP contribution in [0.3, 0.4) is 0 Å². The van der Waals surface area contributed by atoms with E-state index >= 15 is 0 Å². The van der Waals surface area contributed by atoms with Gasteiger partial charge in [-0.25, -0.2) is 0 Å². The molecule has 30 heavy (non-hydrogen) atoms. The number of fused-ring (bicyclic) bond motifs is 1. The summed E-state index contributed by atoms with van der Waals surface area (Å²) in [7, 11) is 1.62. The number of methoxy groups -OCH3 is 1. The molecule has 1 aliphatic rings. The minimum absolute atomic E-state index is 0.121. The SMILES string of the molecule is COc1ccc(CN2C(=O)c3ccccc3[C@H]2C(=O)NCCc2ccccc2)cc1. The van der Waals surface area contributed by atoms with E-state index in [1.165, 1.54) is 0 Å². The molecule has 0 unspecified atom stereocenters. The Morgan fingerprint density at radius 1 is 0.933 bits per heavy atom. The van der Waals surface area contributed by atoms with E-state index in [0.29, 0.717) is 18.7 Å². The van der Waals surface area contributed by atoms with Gasteiger partial charge in [0.05, 0.1) is 7.11 Å². The van der Waals surface area contributed by atoms with Crippen LogP contribution in [0.5, 0.6) is 5.75 Å². The Kier molecular flexibility index (Phi) is 5.80. The third-order valence-electron chi connectivity index (χ3n) is 5.37. The van der Waals surface area contributed by atoms with Crippen molar-refractivity contribution in [1.82, 2.24) is 10.2 Å². The van der Waals surface area contributed by atoms with Crippen LogP contribution in [0.2, 0.25) is 0 Å². The van der Waals surface area contributed by atoms with Gasteiger partial charge in [0.1, 0.15) is 11.8 Å². The van der Waals surface area contributed by atoms with Crippen LogP contribution in [-0.2, 0) is 17.8 Å². The van der Waals surface area contributed by atoms with Gasteiger partial charge in [-0.3, -0.25) is 9.59 Å². The molecular formula is C25H24N2O3. The lowest BCUT2D eigenvalue weighted by molar-refractivity contribution is -0.125. The van der Waals surface area contributed by atoms with Crippen molar-refractivity contribution in [2.24, 2.45) is 0 Å². The summed E-state index contributed by atoms with van der Waals surface area (Å²) in [6.45, 7) is 0.875. The fourth-order valence-corrected chi connectivity index (χ4v) is 3.81. The molecule has 0 spiro atoms. The summed E-state index contributed by atoms with van der Waals surface area (Å²) in [5.41, 5.74) is 3.46. The van der Waals surface area contributed by atoms with Gasteiger partial charge in [0.25, 0.3) is 5.91 Å². The number of benzene rings is 3. The standard InChI is InChI=1S/C25H24N2O3/c1-30-20-13-11-19(12-14-20)17-27-23(21-9-5-6-10-22(21)25(27)29)24(28)26-16-15-18-7-3-2-4-8-18/h2-14,23H,15-17H2,1H3,(H,26,28)/t23-/m0/s1. The summed E-state index contributed by atoms with van der Waals surface area (Å²) in [6, 6.07) is 24.3. The highest BCUT2D eigenvalue weighted by molar-refractivity contribution is 6.04. The molecule has 0 saturated carbocycles. The summed E-state index contributed by atoms with van der Waals surface area (Å²) < 4.78 is 5.21. The second kappa shape index (κ2) is 8.82. The Morgan fingerprint density at radius 3 is 2.37 bits per heavy atom. The van der Waals surface area contributed by atoms with E-state index in [4.69, 9.17) is 4.74 Å². The van der Waals surface area contributed by atoms with Crippen LogP contribution >= 0.6 is 0 Å². The molecule has 5 heteroatoms. The highest BCUT2D eigenvalue weighted by atomic mass is 16.5. The van der Waals surface area contributed by atoms with E-state index in [-0.39, 0.29) is 11.8 Å². The number of carbonyl (C=O) groups is 2.